The van der Waals surface area contributed by atoms with Gasteiger partial charge in [0.05, 0.1) is 10.6 Å². The topological polar surface area (TPSA) is 126 Å². The molecule has 0 fully saturated rings. The smallest absolute Gasteiger partial charge is 0.278 e. The number of nitrogens with one attached hydrogen (secondary N) is 2. The van der Waals surface area contributed by atoms with Gasteiger partial charge in [0.25, 0.3) is 5.56 Å². The zero-order valence-electron chi connectivity index (χ0n) is 10.4. The number of thiophene rings is 1. The first-order valence-corrected chi connectivity index (χ1v) is 6.40. The van der Waals surface area contributed by atoms with Crippen LogP contribution in [0.3, 0.4) is 0 Å². The van der Waals surface area contributed by atoms with Crippen molar-refractivity contribution in [3.8, 4) is 11.4 Å². The van der Waals surface area contributed by atoms with Crippen LogP contribution in [0.5, 0.6) is 0 Å². The van der Waals surface area contributed by atoms with E-state index in [9.17, 15) is 4.79 Å². The Morgan fingerprint density at radius 2 is 1.89 bits per heavy atom. The zero-order valence-corrected chi connectivity index (χ0v) is 11.2. The maximum Gasteiger partial charge on any atom is 0.278 e. The molecule has 0 aliphatic carbocycles. The van der Waals surface area contributed by atoms with E-state index in [0.29, 0.717) is 22.0 Å². The number of anilines is 2. The molecule has 0 aliphatic rings. The summed E-state index contributed by atoms with van der Waals surface area (Å²) in [4.78, 5) is 26.5. The summed E-state index contributed by atoms with van der Waals surface area (Å²) in [7, 11) is 0. The standard InChI is InChI=1S/C11H12N6OS/c1-3-4(2)19-7(12)5(3)8-14-6-9(15-8)16-11(13)17-10(6)18/h12H2,1-2H3,(H4,13,14,15,16,17,18). The Kier molecular flexibility index (Phi) is 2.36. The summed E-state index contributed by atoms with van der Waals surface area (Å²) in [5, 5.41) is 0.665. The Morgan fingerprint density at radius 1 is 1.16 bits per heavy atom. The van der Waals surface area contributed by atoms with E-state index >= 15 is 0 Å². The number of hydrogen-bond acceptors (Lipinski definition) is 6. The molecule has 0 aliphatic heterocycles. The fourth-order valence-corrected chi connectivity index (χ4v) is 2.93. The first-order valence-electron chi connectivity index (χ1n) is 5.58. The second-order valence-corrected chi connectivity index (χ2v) is 5.51. The molecule has 0 saturated carbocycles. The summed E-state index contributed by atoms with van der Waals surface area (Å²) in [6.07, 6.45) is 0. The summed E-state index contributed by atoms with van der Waals surface area (Å²) >= 11 is 1.49. The van der Waals surface area contributed by atoms with Crippen LogP contribution in [0.4, 0.5) is 10.9 Å². The third-order valence-corrected chi connectivity index (χ3v) is 4.07. The summed E-state index contributed by atoms with van der Waals surface area (Å²) in [6.45, 7) is 3.96. The van der Waals surface area contributed by atoms with Crippen LogP contribution >= 0.6 is 11.3 Å². The van der Waals surface area contributed by atoms with Gasteiger partial charge in [-0.3, -0.25) is 9.78 Å². The highest BCUT2D eigenvalue weighted by Gasteiger charge is 2.17. The van der Waals surface area contributed by atoms with Crippen molar-refractivity contribution in [2.24, 2.45) is 0 Å². The molecule has 3 aromatic rings. The van der Waals surface area contributed by atoms with Gasteiger partial charge in [-0.1, -0.05) is 0 Å². The largest absolute Gasteiger partial charge is 0.390 e. The van der Waals surface area contributed by atoms with Crippen LogP contribution in [0.2, 0.25) is 0 Å². The SMILES string of the molecule is Cc1sc(N)c(-c2nc3nc(N)[nH]c(=O)c3[nH]2)c1C. The number of imidazole rings is 1. The second-order valence-electron chi connectivity index (χ2n) is 4.26. The van der Waals surface area contributed by atoms with Crippen molar-refractivity contribution in [1.29, 1.82) is 0 Å². The number of H-pyrrole nitrogens is 2. The zero-order chi connectivity index (χ0) is 13.7. The Morgan fingerprint density at radius 3 is 2.53 bits per heavy atom. The molecule has 8 heteroatoms. The fraction of sp³-hybridized carbons (Fsp3) is 0.182. The first kappa shape index (κ1) is 11.7. The molecule has 6 N–H and O–H groups in total. The van der Waals surface area contributed by atoms with Crippen molar-refractivity contribution in [2.45, 2.75) is 13.8 Å². The molecule has 0 unspecified atom stereocenters. The number of nitrogens with two attached hydrogens (primary N) is 2. The van der Waals surface area contributed by atoms with Crippen LogP contribution < -0.4 is 17.0 Å². The molecule has 3 aromatic heterocycles. The van der Waals surface area contributed by atoms with Crippen molar-refractivity contribution in [2.75, 3.05) is 11.5 Å². The van der Waals surface area contributed by atoms with E-state index in [0.717, 1.165) is 16.0 Å². The predicted molar refractivity (Wildman–Crippen MR) is 76.1 cm³/mol. The number of hydrogen-bond donors (Lipinski definition) is 4. The van der Waals surface area contributed by atoms with Crippen molar-refractivity contribution < 1.29 is 0 Å². The molecular weight excluding hydrogens is 264 g/mol. The van der Waals surface area contributed by atoms with Crippen molar-refractivity contribution in [3.63, 3.8) is 0 Å². The van der Waals surface area contributed by atoms with Gasteiger partial charge < -0.3 is 16.5 Å². The molecule has 0 spiro atoms. The lowest BCUT2D eigenvalue weighted by Crippen LogP contribution is -2.10. The number of nitrogen functional groups attached to an aromatic ring is 2. The molecule has 19 heavy (non-hydrogen) atoms. The number of aryl methyl sites for hydroxylation is 1. The monoisotopic (exact) mass is 276 g/mol. The van der Waals surface area contributed by atoms with Gasteiger partial charge in [0, 0.05) is 4.88 Å². The van der Waals surface area contributed by atoms with Crippen molar-refractivity contribution >= 4 is 33.5 Å². The van der Waals surface area contributed by atoms with Gasteiger partial charge in [-0.2, -0.15) is 4.98 Å². The Labute approximate surface area is 111 Å². The van der Waals surface area contributed by atoms with Crippen LogP contribution in [-0.2, 0) is 0 Å². The van der Waals surface area contributed by atoms with Crippen molar-refractivity contribution in [1.82, 2.24) is 19.9 Å². The minimum absolute atomic E-state index is 0.0433. The van der Waals surface area contributed by atoms with Crippen LogP contribution in [0.25, 0.3) is 22.6 Å². The lowest BCUT2D eigenvalue weighted by molar-refractivity contribution is 1.17. The predicted octanol–water partition coefficient (Wildman–Crippen LogP) is 1.16. The van der Waals surface area contributed by atoms with E-state index in [1.54, 1.807) is 0 Å². The van der Waals surface area contributed by atoms with E-state index in [-0.39, 0.29) is 11.5 Å². The first-order chi connectivity index (χ1) is 8.97. The molecule has 7 nitrogen and oxygen atoms in total. The van der Waals surface area contributed by atoms with E-state index in [2.05, 4.69) is 19.9 Å². The van der Waals surface area contributed by atoms with Gasteiger partial charge in [-0.15, -0.1) is 11.3 Å². The van der Waals surface area contributed by atoms with Crippen LogP contribution in [0.15, 0.2) is 4.79 Å². The highest BCUT2D eigenvalue weighted by Crippen LogP contribution is 2.36. The number of aromatic amines is 2. The Hall–Kier alpha value is -2.35. The highest BCUT2D eigenvalue weighted by atomic mass is 32.1. The van der Waals surface area contributed by atoms with Gasteiger partial charge in [0.2, 0.25) is 5.95 Å². The molecule has 0 saturated heterocycles. The summed E-state index contributed by atoms with van der Waals surface area (Å²) < 4.78 is 0. The van der Waals surface area contributed by atoms with Gasteiger partial charge in [0.1, 0.15) is 5.82 Å². The van der Waals surface area contributed by atoms with E-state index < -0.39 is 0 Å². The molecule has 0 radical (unpaired) electrons. The maximum absolute atomic E-state index is 11.7. The molecule has 0 amide bonds. The molecular formula is C11H12N6OS. The van der Waals surface area contributed by atoms with Gasteiger partial charge in [-0.05, 0) is 19.4 Å². The van der Waals surface area contributed by atoms with Gasteiger partial charge >= 0.3 is 0 Å². The normalized spacial score (nSPS) is 11.3. The Balaban J connectivity index is 2.32. The minimum Gasteiger partial charge on any atom is -0.390 e. The summed E-state index contributed by atoms with van der Waals surface area (Å²) in [5.74, 6) is 0.583. The van der Waals surface area contributed by atoms with E-state index in [1.165, 1.54) is 11.3 Å². The van der Waals surface area contributed by atoms with E-state index in [4.69, 9.17) is 11.5 Å². The average molecular weight is 276 g/mol. The fourth-order valence-electron chi connectivity index (χ4n) is 1.99. The maximum atomic E-state index is 11.7. The minimum atomic E-state index is -0.343. The molecule has 0 atom stereocenters. The third kappa shape index (κ3) is 1.68. The number of nitrogens with zero attached hydrogens (tertiary/aromatic N) is 2. The second kappa shape index (κ2) is 3.82. The molecule has 3 heterocycles. The van der Waals surface area contributed by atoms with Crippen molar-refractivity contribution in [3.05, 3.63) is 20.8 Å². The molecule has 3 rings (SSSR count). The molecule has 0 aromatic carbocycles. The van der Waals surface area contributed by atoms with E-state index in [1.807, 2.05) is 13.8 Å². The average Bonchev–Trinajstić information content (AvgIpc) is 2.81. The van der Waals surface area contributed by atoms with Crippen LogP contribution in [-0.4, -0.2) is 19.9 Å². The number of aromatic nitrogens is 4. The molecule has 98 valence electrons. The van der Waals surface area contributed by atoms with Crippen LogP contribution in [0, 0.1) is 13.8 Å². The third-order valence-electron chi connectivity index (χ3n) is 3.03. The lowest BCUT2D eigenvalue weighted by Gasteiger charge is -1.96. The summed E-state index contributed by atoms with van der Waals surface area (Å²) in [5.41, 5.74) is 13.6. The number of rotatable bonds is 1. The quantitative estimate of drug-likeness (QED) is 0.530. The lowest BCUT2D eigenvalue weighted by atomic mass is 10.1. The Bertz CT molecular complexity index is 843. The number of fused-ring (bicyclic) bond motifs is 1. The van der Waals surface area contributed by atoms with Gasteiger partial charge in [-0.25, -0.2) is 4.98 Å². The highest BCUT2D eigenvalue weighted by molar-refractivity contribution is 7.16. The van der Waals surface area contributed by atoms with Crippen LogP contribution in [0.1, 0.15) is 10.4 Å². The summed E-state index contributed by atoms with van der Waals surface area (Å²) in [6, 6.07) is 0. The van der Waals surface area contributed by atoms with Gasteiger partial charge in [0.15, 0.2) is 11.2 Å². The molecule has 0 bridgehead atoms.